The van der Waals surface area contributed by atoms with Crippen molar-refractivity contribution in [2.75, 3.05) is 34.0 Å². The lowest BCUT2D eigenvalue weighted by molar-refractivity contribution is -0.118. The van der Waals surface area contributed by atoms with E-state index in [1.165, 1.54) is 23.2 Å². The van der Waals surface area contributed by atoms with Crippen LogP contribution in [-0.4, -0.2) is 34.9 Å². The van der Waals surface area contributed by atoms with Crippen molar-refractivity contribution >= 4 is 66.0 Å². The second-order valence-corrected chi connectivity index (χ2v) is 8.50. The van der Waals surface area contributed by atoms with Crippen molar-refractivity contribution < 1.29 is 9.59 Å². The number of hydrogen-bond donors (Lipinski definition) is 1. The molecule has 0 radical (unpaired) electrons. The molecule has 4 nitrogen and oxygen atoms in total. The minimum atomic E-state index is -0.285. The molecule has 2 heterocycles. The van der Waals surface area contributed by atoms with E-state index in [4.69, 9.17) is 11.6 Å². The first kappa shape index (κ1) is 23.9. The van der Waals surface area contributed by atoms with Crippen LogP contribution in [0.5, 0.6) is 0 Å². The van der Waals surface area contributed by atoms with Gasteiger partial charge in [-0.1, -0.05) is 68.3 Å². The first-order chi connectivity index (χ1) is 14.1. The van der Waals surface area contributed by atoms with Crippen LogP contribution in [0.15, 0.2) is 48.5 Å². The molecule has 0 spiro atoms. The van der Waals surface area contributed by atoms with Crippen LogP contribution in [0.2, 0.25) is 0 Å². The zero-order chi connectivity index (χ0) is 21.1. The van der Waals surface area contributed by atoms with Crippen LogP contribution >= 0.6 is 43.5 Å². The van der Waals surface area contributed by atoms with Gasteiger partial charge in [0.15, 0.2) is 0 Å². The summed E-state index contributed by atoms with van der Waals surface area (Å²) in [6.07, 6.45) is 3.18. The fourth-order valence-corrected chi connectivity index (χ4v) is 4.15. The lowest BCUT2D eigenvalue weighted by Gasteiger charge is -2.16. The van der Waals surface area contributed by atoms with Crippen molar-refractivity contribution in [2.24, 2.45) is 0 Å². The molecule has 1 amide bonds. The van der Waals surface area contributed by atoms with E-state index in [0.717, 1.165) is 30.5 Å². The number of halogens is 3. The SMILES string of the molecule is O=C(CCBr)N1CCc2ccccc21.O=C(Cl)CCBr.c1ccc2c(c1)CCN2. The number of fused-ring (bicyclic) bond motifs is 2. The molecule has 7 heteroatoms. The van der Waals surface area contributed by atoms with E-state index in [1.54, 1.807) is 0 Å². The monoisotopic (exact) mass is 542 g/mol. The van der Waals surface area contributed by atoms with Gasteiger partial charge in [0.05, 0.1) is 0 Å². The molecule has 29 heavy (non-hydrogen) atoms. The summed E-state index contributed by atoms with van der Waals surface area (Å²) >= 11 is 11.2. The van der Waals surface area contributed by atoms with Crippen LogP contribution in [0.25, 0.3) is 0 Å². The first-order valence-corrected chi connectivity index (χ1v) is 12.2. The van der Waals surface area contributed by atoms with E-state index < -0.39 is 0 Å². The Morgan fingerprint density at radius 2 is 1.59 bits per heavy atom. The number of amides is 1. The van der Waals surface area contributed by atoms with Crippen LogP contribution in [-0.2, 0) is 22.4 Å². The zero-order valence-corrected chi connectivity index (χ0v) is 20.1. The average molecular weight is 545 g/mol. The Morgan fingerprint density at radius 3 is 2.21 bits per heavy atom. The highest BCUT2D eigenvalue weighted by atomic mass is 79.9. The van der Waals surface area contributed by atoms with Gasteiger partial charge in [0.1, 0.15) is 0 Å². The molecule has 2 aliphatic rings. The van der Waals surface area contributed by atoms with Gasteiger partial charge in [0.25, 0.3) is 0 Å². The summed E-state index contributed by atoms with van der Waals surface area (Å²) in [6, 6.07) is 16.6. The molecular formula is C22H25Br2ClN2O2. The molecule has 0 saturated carbocycles. The van der Waals surface area contributed by atoms with Crippen molar-refractivity contribution in [3.05, 3.63) is 59.7 Å². The number of rotatable bonds is 4. The predicted molar refractivity (Wildman–Crippen MR) is 129 cm³/mol. The Hall–Kier alpha value is -1.37. The van der Waals surface area contributed by atoms with Crippen molar-refractivity contribution in [1.29, 1.82) is 0 Å². The van der Waals surface area contributed by atoms with Crippen LogP contribution in [0.1, 0.15) is 24.0 Å². The number of nitrogens with one attached hydrogen (secondary N) is 1. The molecule has 1 N–H and O–H groups in total. The summed E-state index contributed by atoms with van der Waals surface area (Å²) < 4.78 is 0. The maximum absolute atomic E-state index is 11.7. The molecule has 156 valence electrons. The van der Waals surface area contributed by atoms with Crippen molar-refractivity contribution in [2.45, 2.75) is 25.7 Å². The summed E-state index contributed by atoms with van der Waals surface area (Å²) in [7, 11) is 0. The quantitative estimate of drug-likeness (QED) is 0.406. The molecule has 2 aromatic rings. The number of alkyl halides is 2. The van der Waals surface area contributed by atoms with Crippen LogP contribution in [0, 0.1) is 0 Å². The van der Waals surface area contributed by atoms with E-state index in [9.17, 15) is 9.59 Å². The van der Waals surface area contributed by atoms with Crippen molar-refractivity contribution in [3.8, 4) is 0 Å². The minimum absolute atomic E-state index is 0.215. The number of hydrogen-bond acceptors (Lipinski definition) is 3. The number of carbonyl (C=O) groups excluding carboxylic acids is 2. The van der Waals surface area contributed by atoms with E-state index in [0.29, 0.717) is 18.2 Å². The van der Waals surface area contributed by atoms with Crippen LogP contribution in [0.4, 0.5) is 11.4 Å². The largest absolute Gasteiger partial charge is 0.384 e. The Balaban J connectivity index is 0.000000172. The molecule has 0 saturated heterocycles. The number of anilines is 2. The topological polar surface area (TPSA) is 49.4 Å². The lowest BCUT2D eigenvalue weighted by Crippen LogP contribution is -2.28. The normalized spacial score (nSPS) is 13.1. The van der Waals surface area contributed by atoms with Crippen molar-refractivity contribution in [1.82, 2.24) is 0 Å². The van der Waals surface area contributed by atoms with Gasteiger partial charge in [0, 0.05) is 48.0 Å². The molecule has 0 atom stereocenters. The van der Waals surface area contributed by atoms with E-state index in [-0.39, 0.29) is 11.1 Å². The third-order valence-corrected chi connectivity index (χ3v) is 5.50. The first-order valence-electron chi connectivity index (χ1n) is 9.57. The number of para-hydroxylation sites is 2. The highest BCUT2D eigenvalue weighted by Gasteiger charge is 2.22. The molecule has 0 unspecified atom stereocenters. The second-order valence-electron chi connectivity index (χ2n) is 6.49. The Labute approximate surface area is 194 Å². The van der Waals surface area contributed by atoms with Gasteiger partial charge in [0.2, 0.25) is 11.1 Å². The highest BCUT2D eigenvalue weighted by molar-refractivity contribution is 9.09. The summed E-state index contributed by atoms with van der Waals surface area (Å²) in [6.45, 7) is 1.95. The standard InChI is InChI=1S/C11H12BrNO.C8H9N.C3H4BrClO/c12-7-5-11(14)13-8-6-9-3-1-2-4-10(9)13;1-2-4-8-7(3-1)5-6-9-8;4-2-1-3(5)6/h1-4H,5-8H2;1-4,9H,5-6H2;1-2H2. The van der Waals surface area contributed by atoms with Crippen LogP contribution in [0.3, 0.4) is 0 Å². The Kier molecular flexibility index (Phi) is 10.7. The summed E-state index contributed by atoms with van der Waals surface area (Å²) in [5, 5.41) is 4.42. The zero-order valence-electron chi connectivity index (χ0n) is 16.2. The highest BCUT2D eigenvalue weighted by Crippen LogP contribution is 2.27. The Morgan fingerprint density at radius 1 is 0.931 bits per heavy atom. The predicted octanol–water partition coefficient (Wildman–Crippen LogP) is 5.55. The Bertz CT molecular complexity index is 794. The molecule has 0 bridgehead atoms. The van der Waals surface area contributed by atoms with E-state index >= 15 is 0 Å². The minimum Gasteiger partial charge on any atom is -0.384 e. The molecular weight excluding hydrogens is 520 g/mol. The van der Waals surface area contributed by atoms with Gasteiger partial charge in [-0.3, -0.25) is 9.59 Å². The molecule has 0 fully saturated rings. The molecule has 0 aliphatic carbocycles. The number of nitrogens with zero attached hydrogens (tertiary/aromatic N) is 1. The van der Waals surface area contributed by atoms with Gasteiger partial charge in [-0.2, -0.15) is 0 Å². The van der Waals surface area contributed by atoms with Gasteiger partial charge in [-0.15, -0.1) is 0 Å². The summed E-state index contributed by atoms with van der Waals surface area (Å²) in [4.78, 5) is 23.4. The molecule has 2 aromatic carbocycles. The fourth-order valence-electron chi connectivity index (χ4n) is 3.13. The van der Waals surface area contributed by atoms with E-state index in [1.807, 2.05) is 23.1 Å². The molecule has 4 rings (SSSR count). The number of carbonyl (C=O) groups is 2. The second kappa shape index (κ2) is 13.0. The average Bonchev–Trinajstić information content (AvgIpc) is 3.36. The fraction of sp³-hybridized carbons (Fsp3) is 0.364. The maximum Gasteiger partial charge on any atom is 0.227 e. The maximum atomic E-state index is 11.7. The third-order valence-electron chi connectivity index (χ3n) is 4.51. The van der Waals surface area contributed by atoms with Gasteiger partial charge >= 0.3 is 0 Å². The lowest BCUT2D eigenvalue weighted by atomic mass is 10.2. The third kappa shape index (κ3) is 7.76. The molecule has 0 aromatic heterocycles. The smallest absolute Gasteiger partial charge is 0.227 e. The van der Waals surface area contributed by atoms with Gasteiger partial charge in [-0.05, 0) is 47.7 Å². The van der Waals surface area contributed by atoms with E-state index in [2.05, 4.69) is 67.5 Å². The molecule has 2 aliphatic heterocycles. The van der Waals surface area contributed by atoms with Crippen LogP contribution < -0.4 is 10.2 Å². The summed E-state index contributed by atoms with van der Waals surface area (Å²) in [5.41, 5.74) is 5.16. The van der Waals surface area contributed by atoms with Gasteiger partial charge < -0.3 is 10.2 Å². The number of benzene rings is 2. The summed E-state index contributed by atoms with van der Waals surface area (Å²) in [5.74, 6) is 0.215. The van der Waals surface area contributed by atoms with Crippen molar-refractivity contribution in [3.63, 3.8) is 0 Å². The van der Waals surface area contributed by atoms with Gasteiger partial charge in [-0.25, -0.2) is 0 Å².